The average molecular weight is 499 g/mol. The normalized spacial score (nSPS) is 14.6. The van der Waals surface area contributed by atoms with Crippen molar-refractivity contribution in [2.75, 3.05) is 27.4 Å². The van der Waals surface area contributed by atoms with Gasteiger partial charge in [0.2, 0.25) is 5.91 Å². The van der Waals surface area contributed by atoms with Gasteiger partial charge in [-0.05, 0) is 31.2 Å². The Hall–Kier alpha value is -2.97. The highest BCUT2D eigenvalue weighted by molar-refractivity contribution is 7.52. The van der Waals surface area contributed by atoms with Crippen LogP contribution in [0.3, 0.4) is 0 Å². The summed E-state index contributed by atoms with van der Waals surface area (Å²) in [5.74, 6) is -1.93. The SMILES string of the molecule is COC(=O)CCNC(=O)[C@H](O)C(C)(C)COP(=O)(NC(C)C(=O)OC)Oc1ccc(C#N)cc1. The fourth-order valence-corrected chi connectivity index (χ4v) is 4.12. The van der Waals surface area contributed by atoms with Gasteiger partial charge in [0, 0.05) is 12.0 Å². The molecule has 0 radical (unpaired) electrons. The van der Waals surface area contributed by atoms with Gasteiger partial charge >= 0.3 is 19.7 Å². The number of rotatable bonds is 13. The number of hydrogen-bond acceptors (Lipinski definition) is 10. The van der Waals surface area contributed by atoms with E-state index in [-0.39, 0.29) is 18.7 Å². The van der Waals surface area contributed by atoms with Crippen LogP contribution in [0, 0.1) is 16.7 Å². The number of carbonyl (C=O) groups is 3. The molecule has 0 aliphatic rings. The Kier molecular flexibility index (Phi) is 11.2. The van der Waals surface area contributed by atoms with Crippen LogP contribution in [-0.4, -0.2) is 62.5 Å². The van der Waals surface area contributed by atoms with Gasteiger partial charge in [0.15, 0.2) is 0 Å². The molecule has 0 fully saturated rings. The molecule has 0 aliphatic heterocycles. The minimum absolute atomic E-state index is 0.0437. The molecule has 34 heavy (non-hydrogen) atoms. The molecule has 2 unspecified atom stereocenters. The lowest BCUT2D eigenvalue weighted by molar-refractivity contribution is -0.142. The van der Waals surface area contributed by atoms with Crippen molar-refractivity contribution in [3.8, 4) is 11.8 Å². The molecule has 1 aromatic carbocycles. The van der Waals surface area contributed by atoms with E-state index in [1.54, 1.807) is 0 Å². The van der Waals surface area contributed by atoms with Crippen molar-refractivity contribution in [2.24, 2.45) is 5.41 Å². The number of amides is 1. The van der Waals surface area contributed by atoms with E-state index in [0.29, 0.717) is 5.56 Å². The van der Waals surface area contributed by atoms with Crippen molar-refractivity contribution in [2.45, 2.75) is 39.3 Å². The molecule has 0 aromatic heterocycles. The molecular weight excluding hydrogens is 469 g/mol. The summed E-state index contributed by atoms with van der Waals surface area (Å²) in [6.07, 6.45) is -1.67. The van der Waals surface area contributed by atoms with Gasteiger partial charge in [-0.15, -0.1) is 0 Å². The van der Waals surface area contributed by atoms with Gasteiger partial charge in [-0.3, -0.25) is 18.9 Å². The Bertz CT molecular complexity index is 944. The second-order valence-electron chi connectivity index (χ2n) is 7.88. The maximum atomic E-state index is 13.4. The first-order chi connectivity index (χ1) is 15.9. The first kappa shape index (κ1) is 29.1. The van der Waals surface area contributed by atoms with Gasteiger partial charge in [0.25, 0.3) is 0 Å². The molecule has 1 aromatic rings. The number of methoxy groups -OCH3 is 2. The molecule has 0 aliphatic carbocycles. The zero-order valence-electron chi connectivity index (χ0n) is 19.7. The number of aliphatic hydroxyl groups excluding tert-OH is 1. The maximum Gasteiger partial charge on any atom is 0.459 e. The van der Waals surface area contributed by atoms with Crippen molar-refractivity contribution in [3.05, 3.63) is 29.8 Å². The number of hydrogen-bond donors (Lipinski definition) is 3. The number of aliphatic hydroxyl groups is 1. The van der Waals surface area contributed by atoms with Crippen LogP contribution in [0.15, 0.2) is 24.3 Å². The first-order valence-electron chi connectivity index (χ1n) is 10.2. The van der Waals surface area contributed by atoms with Crippen molar-refractivity contribution in [1.82, 2.24) is 10.4 Å². The molecule has 13 heteroatoms. The summed E-state index contributed by atoms with van der Waals surface area (Å²) in [6.45, 7) is 3.91. The number of carbonyl (C=O) groups excluding carboxylic acids is 3. The lowest BCUT2D eigenvalue weighted by Gasteiger charge is -2.31. The zero-order chi connectivity index (χ0) is 25.9. The number of nitrogens with zero attached hydrogens (tertiary/aromatic N) is 1. The van der Waals surface area contributed by atoms with Gasteiger partial charge in [-0.25, -0.2) is 4.57 Å². The third kappa shape index (κ3) is 9.11. The highest BCUT2D eigenvalue weighted by Gasteiger charge is 2.39. The lowest BCUT2D eigenvalue weighted by Crippen LogP contribution is -2.46. The maximum absolute atomic E-state index is 13.4. The van der Waals surface area contributed by atoms with E-state index in [1.807, 2.05) is 6.07 Å². The van der Waals surface area contributed by atoms with Crippen LogP contribution in [0.5, 0.6) is 5.75 Å². The number of nitrogens with one attached hydrogen (secondary N) is 2. The van der Waals surface area contributed by atoms with Crippen molar-refractivity contribution in [3.63, 3.8) is 0 Å². The molecule has 3 atom stereocenters. The first-order valence-corrected chi connectivity index (χ1v) is 11.7. The number of nitriles is 1. The van der Waals surface area contributed by atoms with E-state index in [9.17, 15) is 24.1 Å². The second kappa shape index (κ2) is 13.1. The van der Waals surface area contributed by atoms with Crippen LogP contribution < -0.4 is 14.9 Å². The summed E-state index contributed by atoms with van der Waals surface area (Å²) < 4.78 is 33.5. The summed E-state index contributed by atoms with van der Waals surface area (Å²) in [6, 6.07) is 6.53. The standard InChI is InChI=1S/C21H30N3O9P/c1-14(20(28)31-5)24-34(29,33-16-8-6-15(12-22)7-9-16)32-13-21(2,3)18(26)19(27)23-11-10-17(25)30-4/h6-9,14,18,26H,10-11,13H2,1-5H3,(H,23,27)(H,24,29)/t14?,18-,34?/m0/s1. The van der Waals surface area contributed by atoms with Gasteiger partial charge in [-0.1, -0.05) is 13.8 Å². The summed E-state index contributed by atoms with van der Waals surface area (Å²) in [5, 5.41) is 24.2. The van der Waals surface area contributed by atoms with Crippen LogP contribution in [0.2, 0.25) is 0 Å². The fraction of sp³-hybridized carbons (Fsp3) is 0.524. The zero-order valence-corrected chi connectivity index (χ0v) is 20.6. The Balaban J connectivity index is 2.94. The molecule has 0 bridgehead atoms. The quantitative estimate of drug-likeness (QED) is 0.263. The monoisotopic (exact) mass is 499 g/mol. The molecule has 0 saturated carbocycles. The fourth-order valence-electron chi connectivity index (χ4n) is 2.46. The highest BCUT2D eigenvalue weighted by atomic mass is 31.2. The molecule has 1 rings (SSSR count). The average Bonchev–Trinajstić information content (AvgIpc) is 2.81. The van der Waals surface area contributed by atoms with Crippen LogP contribution >= 0.6 is 7.75 Å². The minimum Gasteiger partial charge on any atom is -0.469 e. The van der Waals surface area contributed by atoms with E-state index in [1.165, 1.54) is 52.1 Å². The number of benzene rings is 1. The van der Waals surface area contributed by atoms with E-state index >= 15 is 0 Å². The molecule has 0 saturated heterocycles. The van der Waals surface area contributed by atoms with Crippen molar-refractivity contribution < 1.29 is 42.6 Å². The summed E-state index contributed by atoms with van der Waals surface area (Å²) in [7, 11) is -1.86. The van der Waals surface area contributed by atoms with Gasteiger partial charge in [-0.2, -0.15) is 10.3 Å². The van der Waals surface area contributed by atoms with Crippen molar-refractivity contribution >= 4 is 25.6 Å². The number of ether oxygens (including phenoxy) is 2. The van der Waals surface area contributed by atoms with Gasteiger partial charge in [0.05, 0.1) is 38.9 Å². The summed E-state index contributed by atoms with van der Waals surface area (Å²) in [4.78, 5) is 35.2. The van der Waals surface area contributed by atoms with Gasteiger partial charge < -0.3 is 24.4 Å². The van der Waals surface area contributed by atoms with E-state index in [2.05, 4.69) is 19.9 Å². The van der Waals surface area contributed by atoms with Crippen LogP contribution in [-0.2, 0) is 32.9 Å². The molecule has 3 N–H and O–H groups in total. The third-order valence-electron chi connectivity index (χ3n) is 4.57. The molecule has 1 amide bonds. The highest BCUT2D eigenvalue weighted by Crippen LogP contribution is 2.46. The van der Waals surface area contributed by atoms with Crippen LogP contribution in [0.25, 0.3) is 0 Å². The van der Waals surface area contributed by atoms with E-state index in [4.69, 9.17) is 14.3 Å². The Morgan fingerprint density at radius 1 is 1.18 bits per heavy atom. The van der Waals surface area contributed by atoms with Crippen molar-refractivity contribution in [1.29, 1.82) is 5.26 Å². The lowest BCUT2D eigenvalue weighted by atomic mass is 9.87. The molecule has 12 nitrogen and oxygen atoms in total. The predicted octanol–water partition coefficient (Wildman–Crippen LogP) is 1.28. The molecular formula is C21H30N3O9P. The van der Waals surface area contributed by atoms with E-state index in [0.717, 1.165) is 7.11 Å². The Morgan fingerprint density at radius 2 is 1.79 bits per heavy atom. The van der Waals surface area contributed by atoms with Crippen LogP contribution in [0.4, 0.5) is 0 Å². The largest absolute Gasteiger partial charge is 0.469 e. The van der Waals surface area contributed by atoms with E-state index < -0.39 is 49.8 Å². The Labute approximate surface area is 198 Å². The summed E-state index contributed by atoms with van der Waals surface area (Å²) >= 11 is 0. The molecule has 0 heterocycles. The van der Waals surface area contributed by atoms with Gasteiger partial charge in [0.1, 0.15) is 17.9 Å². The predicted molar refractivity (Wildman–Crippen MR) is 119 cm³/mol. The molecule has 0 spiro atoms. The topological polar surface area (TPSA) is 173 Å². The smallest absolute Gasteiger partial charge is 0.459 e. The minimum atomic E-state index is -4.23. The molecule has 188 valence electrons. The van der Waals surface area contributed by atoms with Crippen LogP contribution in [0.1, 0.15) is 32.8 Å². The second-order valence-corrected chi connectivity index (χ2v) is 9.57. The summed E-state index contributed by atoms with van der Waals surface area (Å²) in [5.41, 5.74) is -0.906. The Morgan fingerprint density at radius 3 is 2.32 bits per heavy atom. The number of esters is 2. The third-order valence-corrected chi connectivity index (χ3v) is 6.19.